The van der Waals surface area contributed by atoms with Gasteiger partial charge in [-0.15, -0.1) is 0 Å². The normalized spacial score (nSPS) is 12.5. The molecule has 0 aromatic heterocycles. The second-order valence-electron chi connectivity index (χ2n) is 10.7. The molecule has 3 aromatic carbocycles. The minimum absolute atomic E-state index is 0.0166. The molecule has 0 unspecified atom stereocenters. The Kier molecular flexibility index (Phi) is 10.9. The molecule has 41 heavy (non-hydrogen) atoms. The van der Waals surface area contributed by atoms with Crippen molar-refractivity contribution in [2.75, 3.05) is 10.8 Å². The largest absolute Gasteiger partial charge is 0.350 e. The standard InChI is InChI=1S/C30H34BrCl2N3O4S/c1-6-27(29(38)34-30(3,4)5)35(18-21-12-15-25(32)26(33)16-21)28(37)19-36(23-9-7-8-22(31)17-23)41(39,40)24-13-10-20(2)11-14-24/h7-17,27H,6,18-19H2,1-5H3,(H,34,38)/t27-/m1/s1. The zero-order valence-corrected chi connectivity index (χ0v) is 27.5. The molecule has 7 nitrogen and oxygen atoms in total. The first-order chi connectivity index (χ1) is 19.1. The van der Waals surface area contributed by atoms with Crippen molar-refractivity contribution in [2.24, 2.45) is 0 Å². The summed E-state index contributed by atoms with van der Waals surface area (Å²) in [5.74, 6) is -0.897. The molecular weight excluding hydrogens is 649 g/mol. The highest BCUT2D eigenvalue weighted by atomic mass is 79.9. The molecule has 0 aliphatic rings. The quantitative estimate of drug-likeness (QED) is 0.250. The Morgan fingerprint density at radius 3 is 2.20 bits per heavy atom. The summed E-state index contributed by atoms with van der Waals surface area (Å²) >= 11 is 15.8. The number of nitrogens with zero attached hydrogens (tertiary/aromatic N) is 2. The molecule has 0 saturated heterocycles. The first-order valence-corrected chi connectivity index (χ1v) is 16.0. The summed E-state index contributed by atoms with van der Waals surface area (Å²) in [6, 6.07) is 17.2. The Bertz CT molecular complexity index is 1510. The van der Waals surface area contributed by atoms with Crippen molar-refractivity contribution in [3.8, 4) is 0 Å². The molecule has 0 saturated carbocycles. The van der Waals surface area contributed by atoms with Crippen molar-refractivity contribution >= 4 is 66.7 Å². The maximum Gasteiger partial charge on any atom is 0.264 e. The number of amides is 2. The molecule has 1 atom stereocenters. The van der Waals surface area contributed by atoms with E-state index in [4.69, 9.17) is 23.2 Å². The molecule has 0 spiro atoms. The molecule has 0 fully saturated rings. The Balaban J connectivity index is 2.09. The topological polar surface area (TPSA) is 86.8 Å². The lowest BCUT2D eigenvalue weighted by Gasteiger charge is -2.35. The van der Waals surface area contributed by atoms with Gasteiger partial charge in [0, 0.05) is 16.6 Å². The fourth-order valence-corrected chi connectivity index (χ4v) is 6.32. The van der Waals surface area contributed by atoms with Crippen LogP contribution >= 0.6 is 39.1 Å². The van der Waals surface area contributed by atoms with E-state index in [0.717, 1.165) is 9.87 Å². The Hall–Kier alpha value is -2.59. The number of hydrogen-bond acceptors (Lipinski definition) is 4. The van der Waals surface area contributed by atoms with Crippen LogP contribution < -0.4 is 9.62 Å². The zero-order chi connectivity index (χ0) is 30.5. The van der Waals surface area contributed by atoms with Gasteiger partial charge in [-0.05, 0) is 82.1 Å². The van der Waals surface area contributed by atoms with Gasteiger partial charge in [-0.2, -0.15) is 0 Å². The molecule has 1 N–H and O–H groups in total. The van der Waals surface area contributed by atoms with E-state index in [2.05, 4.69) is 21.2 Å². The van der Waals surface area contributed by atoms with Crippen LogP contribution in [-0.4, -0.2) is 43.3 Å². The molecule has 3 aromatic rings. The average molecular weight is 683 g/mol. The highest BCUT2D eigenvalue weighted by molar-refractivity contribution is 9.10. The van der Waals surface area contributed by atoms with Crippen molar-refractivity contribution in [2.45, 2.75) is 64.1 Å². The Morgan fingerprint density at radius 2 is 1.63 bits per heavy atom. The zero-order valence-electron chi connectivity index (χ0n) is 23.6. The van der Waals surface area contributed by atoms with Crippen LogP contribution in [-0.2, 0) is 26.2 Å². The number of carbonyl (C=O) groups excluding carboxylic acids is 2. The van der Waals surface area contributed by atoms with Gasteiger partial charge >= 0.3 is 0 Å². The number of halogens is 3. The predicted octanol–water partition coefficient (Wildman–Crippen LogP) is 6.98. The van der Waals surface area contributed by atoms with E-state index < -0.39 is 34.1 Å². The average Bonchev–Trinajstić information content (AvgIpc) is 2.88. The molecular formula is C30H34BrCl2N3O4S. The van der Waals surface area contributed by atoms with Gasteiger partial charge in [-0.3, -0.25) is 13.9 Å². The fraction of sp³-hybridized carbons (Fsp3) is 0.333. The SMILES string of the molecule is CC[C@H](C(=O)NC(C)(C)C)N(Cc1ccc(Cl)c(Cl)c1)C(=O)CN(c1cccc(Br)c1)S(=O)(=O)c1ccc(C)cc1. The molecule has 2 amide bonds. The predicted molar refractivity (Wildman–Crippen MR) is 169 cm³/mol. The minimum Gasteiger partial charge on any atom is -0.350 e. The van der Waals surface area contributed by atoms with Crippen molar-refractivity contribution < 1.29 is 18.0 Å². The van der Waals surface area contributed by atoms with Gasteiger partial charge in [0.1, 0.15) is 12.6 Å². The maximum atomic E-state index is 14.1. The number of benzene rings is 3. The first kappa shape index (κ1) is 32.9. The van der Waals surface area contributed by atoms with Crippen LogP contribution in [0.15, 0.2) is 76.1 Å². The van der Waals surface area contributed by atoms with Gasteiger partial charge in [0.05, 0.1) is 20.6 Å². The van der Waals surface area contributed by atoms with Crippen LogP contribution in [0.25, 0.3) is 0 Å². The number of rotatable bonds is 10. The van der Waals surface area contributed by atoms with E-state index in [1.54, 1.807) is 61.5 Å². The van der Waals surface area contributed by atoms with E-state index in [1.807, 2.05) is 27.7 Å². The summed E-state index contributed by atoms with van der Waals surface area (Å²) in [7, 11) is -4.16. The van der Waals surface area contributed by atoms with Gasteiger partial charge in [-0.25, -0.2) is 8.42 Å². The second kappa shape index (κ2) is 13.6. The van der Waals surface area contributed by atoms with E-state index in [1.165, 1.54) is 17.0 Å². The van der Waals surface area contributed by atoms with Crippen LogP contribution in [0.3, 0.4) is 0 Å². The van der Waals surface area contributed by atoms with Crippen LogP contribution in [0.2, 0.25) is 10.0 Å². The summed E-state index contributed by atoms with van der Waals surface area (Å²) in [6.07, 6.45) is 0.302. The van der Waals surface area contributed by atoms with Crippen LogP contribution in [0.1, 0.15) is 45.2 Å². The van der Waals surface area contributed by atoms with Crippen molar-refractivity contribution in [1.82, 2.24) is 10.2 Å². The van der Waals surface area contributed by atoms with Crippen molar-refractivity contribution in [3.05, 3.63) is 92.4 Å². The van der Waals surface area contributed by atoms with Gasteiger partial charge in [0.25, 0.3) is 10.0 Å². The third kappa shape index (κ3) is 8.70. The highest BCUT2D eigenvalue weighted by Crippen LogP contribution is 2.28. The van der Waals surface area contributed by atoms with E-state index in [-0.39, 0.29) is 17.3 Å². The Labute approximate surface area is 261 Å². The number of hydrogen-bond donors (Lipinski definition) is 1. The number of nitrogens with one attached hydrogen (secondary N) is 1. The van der Waals surface area contributed by atoms with E-state index >= 15 is 0 Å². The van der Waals surface area contributed by atoms with E-state index in [0.29, 0.717) is 32.2 Å². The minimum atomic E-state index is -4.16. The van der Waals surface area contributed by atoms with Gasteiger partial charge in [0.15, 0.2) is 0 Å². The monoisotopic (exact) mass is 681 g/mol. The summed E-state index contributed by atoms with van der Waals surface area (Å²) < 4.78 is 29.6. The first-order valence-electron chi connectivity index (χ1n) is 13.0. The number of sulfonamides is 1. The van der Waals surface area contributed by atoms with Gasteiger partial charge in [-0.1, -0.05) is 75.9 Å². The molecule has 0 bridgehead atoms. The molecule has 0 aliphatic heterocycles. The maximum absolute atomic E-state index is 14.1. The molecule has 11 heteroatoms. The highest BCUT2D eigenvalue weighted by Gasteiger charge is 2.34. The van der Waals surface area contributed by atoms with Gasteiger partial charge < -0.3 is 10.2 Å². The number of carbonyl (C=O) groups is 2. The summed E-state index contributed by atoms with van der Waals surface area (Å²) in [6.45, 7) is 8.71. The third-order valence-electron chi connectivity index (χ3n) is 6.21. The number of anilines is 1. The van der Waals surface area contributed by atoms with Crippen LogP contribution in [0.4, 0.5) is 5.69 Å². The summed E-state index contributed by atoms with van der Waals surface area (Å²) in [5.41, 5.74) is 1.30. The molecule has 220 valence electrons. The summed E-state index contributed by atoms with van der Waals surface area (Å²) in [5, 5.41) is 3.61. The van der Waals surface area contributed by atoms with Crippen LogP contribution in [0.5, 0.6) is 0 Å². The van der Waals surface area contributed by atoms with Crippen molar-refractivity contribution in [1.29, 1.82) is 0 Å². The lowest BCUT2D eigenvalue weighted by atomic mass is 10.1. The molecule has 0 aliphatic carbocycles. The summed E-state index contributed by atoms with van der Waals surface area (Å²) in [4.78, 5) is 29.0. The Morgan fingerprint density at radius 1 is 0.976 bits per heavy atom. The lowest BCUT2D eigenvalue weighted by molar-refractivity contribution is -0.141. The smallest absolute Gasteiger partial charge is 0.264 e. The number of aryl methyl sites for hydroxylation is 1. The molecule has 3 rings (SSSR count). The molecule has 0 radical (unpaired) electrons. The van der Waals surface area contributed by atoms with Gasteiger partial charge in [0.2, 0.25) is 11.8 Å². The van der Waals surface area contributed by atoms with Crippen molar-refractivity contribution in [3.63, 3.8) is 0 Å². The van der Waals surface area contributed by atoms with Crippen LogP contribution in [0, 0.1) is 6.92 Å². The second-order valence-corrected chi connectivity index (χ2v) is 14.3. The van der Waals surface area contributed by atoms with E-state index in [9.17, 15) is 18.0 Å². The fourth-order valence-electron chi connectivity index (χ4n) is 4.20. The third-order valence-corrected chi connectivity index (χ3v) is 9.23. The molecule has 0 heterocycles. The lowest BCUT2D eigenvalue weighted by Crippen LogP contribution is -2.55.